The molecule has 4 rings (SSSR count). The minimum absolute atomic E-state index is 0.0683. The fourth-order valence-corrected chi connectivity index (χ4v) is 5.54. The Bertz CT molecular complexity index is 1420. The van der Waals surface area contributed by atoms with Crippen LogP contribution in [-0.2, 0) is 21.2 Å². The number of fused-ring (bicyclic) bond motifs is 1. The van der Waals surface area contributed by atoms with E-state index in [4.69, 9.17) is 15.5 Å². The molecule has 1 saturated heterocycles. The minimum atomic E-state index is -3.72. The Morgan fingerprint density at radius 3 is 2.58 bits per heavy atom. The lowest BCUT2D eigenvalue weighted by atomic mass is 9.96. The molecule has 1 aliphatic rings. The molecule has 1 fully saturated rings. The molecule has 1 atom stereocenters. The second kappa shape index (κ2) is 10.8. The molecule has 0 radical (unpaired) electrons. The highest BCUT2D eigenvalue weighted by Gasteiger charge is 2.26. The number of aromatic amines is 1. The normalized spacial score (nSPS) is 16.9. The van der Waals surface area contributed by atoms with Crippen LogP contribution >= 0.6 is 0 Å². The molecule has 0 bridgehead atoms. The Morgan fingerprint density at radius 1 is 1.22 bits per heavy atom. The van der Waals surface area contributed by atoms with Crippen LogP contribution in [0.25, 0.3) is 16.6 Å². The van der Waals surface area contributed by atoms with Gasteiger partial charge in [0.25, 0.3) is 0 Å². The van der Waals surface area contributed by atoms with Crippen LogP contribution in [0.15, 0.2) is 66.2 Å². The van der Waals surface area contributed by atoms with E-state index in [-0.39, 0.29) is 24.4 Å². The summed E-state index contributed by atoms with van der Waals surface area (Å²) >= 11 is 0. The zero-order chi connectivity index (χ0) is 25.9. The Morgan fingerprint density at radius 2 is 1.92 bits per heavy atom. The van der Waals surface area contributed by atoms with E-state index in [0.29, 0.717) is 41.1 Å². The number of nitrogens with two attached hydrogens (primary N) is 1. The molecule has 3 heterocycles. The van der Waals surface area contributed by atoms with Gasteiger partial charge in [-0.15, -0.1) is 0 Å². The van der Waals surface area contributed by atoms with Crippen LogP contribution in [0.2, 0.25) is 0 Å². The predicted molar refractivity (Wildman–Crippen MR) is 136 cm³/mol. The first-order valence-corrected chi connectivity index (χ1v) is 12.9. The Kier molecular flexibility index (Phi) is 7.79. The van der Waals surface area contributed by atoms with Crippen LogP contribution in [-0.4, -0.2) is 49.0 Å². The topological polar surface area (TPSA) is 101 Å². The highest BCUT2D eigenvalue weighted by molar-refractivity contribution is 7.93. The van der Waals surface area contributed by atoms with Crippen LogP contribution in [0.4, 0.5) is 8.78 Å². The molecule has 36 heavy (non-hydrogen) atoms. The number of nitrogens with one attached hydrogen (secondary N) is 1. The van der Waals surface area contributed by atoms with E-state index in [2.05, 4.69) is 11.6 Å². The Labute approximate surface area is 209 Å². The summed E-state index contributed by atoms with van der Waals surface area (Å²) in [7, 11) is -3.72. The number of halogens is 2. The lowest BCUT2D eigenvalue weighted by Crippen LogP contribution is -2.40. The largest absolute Gasteiger partial charge is 0.379 e. The van der Waals surface area contributed by atoms with Crippen LogP contribution in [0.1, 0.15) is 29.8 Å². The third-order valence-corrected chi connectivity index (χ3v) is 7.97. The van der Waals surface area contributed by atoms with Crippen molar-refractivity contribution >= 4 is 26.6 Å². The number of morpholine rings is 1. The summed E-state index contributed by atoms with van der Waals surface area (Å²) in [5.74, 6) is -1.35. The van der Waals surface area contributed by atoms with Crippen molar-refractivity contribution in [2.75, 3.05) is 26.3 Å². The fraction of sp³-hybridized carbons (Fsp3) is 0.269. The number of sulfonamides is 1. The van der Waals surface area contributed by atoms with E-state index in [1.165, 1.54) is 28.6 Å². The standard InChI is InChI=1S/C26H28F2N4O3S/c1-3-21(36(33,34)32-8-10-35-11-9-32)5-4-17(2)22-16-25-24(6-7-30-25)31-26(22)23(29)14-18-12-19(27)15-20(28)13-18/h3-7,12-13,15-16,23,30H,1,8-11,14,29H2,2H3/b17-4+,21-5+. The average Bonchev–Trinajstić information content (AvgIpc) is 3.31. The Hall–Kier alpha value is -3.18. The van der Waals surface area contributed by atoms with Crippen LogP contribution in [0.3, 0.4) is 0 Å². The number of aromatic nitrogens is 2. The number of H-pyrrole nitrogens is 1. The van der Waals surface area contributed by atoms with Gasteiger partial charge in [0.05, 0.1) is 40.9 Å². The highest BCUT2D eigenvalue weighted by atomic mass is 32.2. The van der Waals surface area contributed by atoms with Gasteiger partial charge in [-0.05, 0) is 60.9 Å². The van der Waals surface area contributed by atoms with Crippen LogP contribution in [0, 0.1) is 11.6 Å². The van der Waals surface area contributed by atoms with Gasteiger partial charge in [-0.3, -0.25) is 0 Å². The molecule has 3 aromatic rings. The number of nitrogens with zero attached hydrogens (tertiary/aromatic N) is 2. The number of benzene rings is 1. The molecule has 3 N–H and O–H groups in total. The van der Waals surface area contributed by atoms with Crippen molar-refractivity contribution in [3.8, 4) is 0 Å². The first-order chi connectivity index (χ1) is 17.2. The number of rotatable bonds is 8. The predicted octanol–water partition coefficient (Wildman–Crippen LogP) is 4.22. The van der Waals surface area contributed by atoms with Crippen molar-refractivity contribution in [1.29, 1.82) is 0 Å². The first-order valence-electron chi connectivity index (χ1n) is 11.5. The van der Waals surface area contributed by atoms with Gasteiger partial charge in [-0.1, -0.05) is 12.7 Å². The van der Waals surface area contributed by atoms with Gasteiger partial charge in [0.15, 0.2) is 0 Å². The third kappa shape index (κ3) is 5.62. The monoisotopic (exact) mass is 514 g/mol. The molecular weight excluding hydrogens is 486 g/mol. The van der Waals surface area contributed by atoms with Crippen molar-refractivity contribution in [3.05, 3.63) is 94.7 Å². The van der Waals surface area contributed by atoms with Crippen molar-refractivity contribution in [2.45, 2.75) is 19.4 Å². The van der Waals surface area contributed by atoms with Crippen molar-refractivity contribution in [1.82, 2.24) is 14.3 Å². The fourth-order valence-electron chi connectivity index (χ4n) is 4.17. The summed E-state index contributed by atoms with van der Waals surface area (Å²) in [6.45, 7) is 6.75. The molecule has 1 unspecified atom stereocenters. The van der Waals surface area contributed by atoms with Gasteiger partial charge in [0, 0.05) is 30.9 Å². The van der Waals surface area contributed by atoms with Crippen LogP contribution in [0.5, 0.6) is 0 Å². The summed E-state index contributed by atoms with van der Waals surface area (Å²) in [5.41, 5.74) is 10.3. The zero-order valence-electron chi connectivity index (χ0n) is 19.9. The maximum absolute atomic E-state index is 13.7. The van der Waals surface area contributed by atoms with Crippen LogP contribution < -0.4 is 5.73 Å². The third-order valence-electron chi connectivity index (χ3n) is 6.02. The molecule has 7 nitrogen and oxygen atoms in total. The highest BCUT2D eigenvalue weighted by Crippen LogP contribution is 2.28. The van der Waals surface area contributed by atoms with E-state index < -0.39 is 27.7 Å². The minimum Gasteiger partial charge on any atom is -0.379 e. The van der Waals surface area contributed by atoms with Gasteiger partial charge in [0.1, 0.15) is 11.6 Å². The molecule has 1 aromatic carbocycles. The van der Waals surface area contributed by atoms with Gasteiger partial charge in [0.2, 0.25) is 10.0 Å². The molecule has 2 aromatic heterocycles. The zero-order valence-corrected chi connectivity index (χ0v) is 20.7. The van der Waals surface area contributed by atoms with Crippen molar-refractivity contribution in [2.24, 2.45) is 5.73 Å². The number of allylic oxidation sites excluding steroid dienone is 4. The molecule has 0 aliphatic carbocycles. The lowest BCUT2D eigenvalue weighted by molar-refractivity contribution is 0.0734. The van der Waals surface area contributed by atoms with E-state index in [1.807, 2.05) is 13.0 Å². The number of hydrogen-bond donors (Lipinski definition) is 2. The molecule has 0 amide bonds. The summed E-state index contributed by atoms with van der Waals surface area (Å²) in [4.78, 5) is 7.88. The molecular formula is C26H28F2N4O3S. The molecule has 10 heteroatoms. The quantitative estimate of drug-likeness (QED) is 0.439. The second-order valence-electron chi connectivity index (χ2n) is 8.56. The maximum atomic E-state index is 13.7. The summed E-state index contributed by atoms with van der Waals surface area (Å²) in [6, 6.07) is 6.33. The van der Waals surface area contributed by atoms with E-state index in [1.54, 1.807) is 18.3 Å². The average molecular weight is 515 g/mol. The maximum Gasteiger partial charge on any atom is 0.243 e. The van der Waals surface area contributed by atoms with E-state index >= 15 is 0 Å². The summed E-state index contributed by atoms with van der Waals surface area (Å²) in [6.07, 6.45) is 6.41. The number of pyridine rings is 1. The van der Waals surface area contributed by atoms with Crippen molar-refractivity contribution in [3.63, 3.8) is 0 Å². The summed E-state index contributed by atoms with van der Waals surface area (Å²) in [5, 5.41) is 0. The molecule has 190 valence electrons. The molecule has 0 saturated carbocycles. The Balaban J connectivity index is 1.70. The SMILES string of the molecule is C=C/C(=C\C=C(/C)c1cc2[nH]ccc2nc1C(N)Cc1cc(F)cc(F)c1)S(=O)(=O)N1CCOCC1. The van der Waals surface area contributed by atoms with E-state index in [0.717, 1.165) is 11.6 Å². The van der Waals surface area contributed by atoms with Gasteiger partial charge < -0.3 is 15.5 Å². The summed E-state index contributed by atoms with van der Waals surface area (Å²) < 4.78 is 60.1. The number of ether oxygens (including phenoxy) is 1. The lowest BCUT2D eigenvalue weighted by Gasteiger charge is -2.26. The van der Waals surface area contributed by atoms with Gasteiger partial charge in [-0.25, -0.2) is 22.2 Å². The molecule has 0 spiro atoms. The second-order valence-corrected chi connectivity index (χ2v) is 10.5. The van der Waals surface area contributed by atoms with E-state index in [9.17, 15) is 17.2 Å². The van der Waals surface area contributed by atoms with Gasteiger partial charge >= 0.3 is 0 Å². The van der Waals surface area contributed by atoms with Gasteiger partial charge in [-0.2, -0.15) is 4.31 Å². The number of hydrogen-bond acceptors (Lipinski definition) is 5. The molecule has 1 aliphatic heterocycles. The first kappa shape index (κ1) is 25.9. The smallest absolute Gasteiger partial charge is 0.243 e. The van der Waals surface area contributed by atoms with Crippen molar-refractivity contribution < 1.29 is 21.9 Å².